The SMILES string of the molecule is CCCNC(=O)c1cc(COc2ccc(NC(=O)c3ccccc3F)cc2)on1. The first-order chi connectivity index (χ1) is 14.1. The van der Waals surface area contributed by atoms with Crippen LogP contribution in [0.5, 0.6) is 5.75 Å². The highest BCUT2D eigenvalue weighted by Gasteiger charge is 2.13. The van der Waals surface area contributed by atoms with E-state index in [-0.39, 0.29) is 23.8 Å². The molecule has 2 aromatic carbocycles. The van der Waals surface area contributed by atoms with Gasteiger partial charge in [0.15, 0.2) is 11.5 Å². The van der Waals surface area contributed by atoms with E-state index >= 15 is 0 Å². The third-order valence-electron chi connectivity index (χ3n) is 3.94. The fourth-order valence-corrected chi connectivity index (χ4v) is 2.45. The average molecular weight is 397 g/mol. The molecule has 150 valence electrons. The van der Waals surface area contributed by atoms with E-state index in [0.717, 1.165) is 6.42 Å². The van der Waals surface area contributed by atoms with Crippen molar-refractivity contribution in [2.45, 2.75) is 20.0 Å². The first-order valence-corrected chi connectivity index (χ1v) is 9.09. The predicted molar refractivity (Wildman–Crippen MR) is 104 cm³/mol. The summed E-state index contributed by atoms with van der Waals surface area (Å²) in [6.45, 7) is 2.62. The summed E-state index contributed by atoms with van der Waals surface area (Å²) in [4.78, 5) is 23.9. The van der Waals surface area contributed by atoms with E-state index in [4.69, 9.17) is 9.26 Å². The molecular formula is C21H20FN3O4. The van der Waals surface area contributed by atoms with E-state index < -0.39 is 11.7 Å². The van der Waals surface area contributed by atoms with Gasteiger partial charge in [0.2, 0.25) is 0 Å². The lowest BCUT2D eigenvalue weighted by atomic mass is 10.2. The maximum Gasteiger partial charge on any atom is 0.273 e. The summed E-state index contributed by atoms with van der Waals surface area (Å²) in [6.07, 6.45) is 0.830. The van der Waals surface area contributed by atoms with Crippen molar-refractivity contribution >= 4 is 17.5 Å². The van der Waals surface area contributed by atoms with Crippen LogP contribution in [-0.4, -0.2) is 23.5 Å². The molecule has 0 saturated carbocycles. The smallest absolute Gasteiger partial charge is 0.273 e. The van der Waals surface area contributed by atoms with Crippen LogP contribution >= 0.6 is 0 Å². The van der Waals surface area contributed by atoms with Crippen molar-refractivity contribution in [1.82, 2.24) is 10.5 Å². The molecule has 1 aromatic heterocycles. The number of carbonyl (C=O) groups excluding carboxylic acids is 2. The summed E-state index contributed by atoms with van der Waals surface area (Å²) in [6, 6.07) is 13.9. The van der Waals surface area contributed by atoms with Crippen molar-refractivity contribution in [2.75, 3.05) is 11.9 Å². The Labute approximate surface area is 166 Å². The number of halogens is 1. The molecule has 0 spiro atoms. The van der Waals surface area contributed by atoms with Crippen molar-refractivity contribution in [3.63, 3.8) is 0 Å². The molecule has 29 heavy (non-hydrogen) atoms. The maximum absolute atomic E-state index is 13.7. The highest BCUT2D eigenvalue weighted by atomic mass is 19.1. The number of rotatable bonds is 8. The van der Waals surface area contributed by atoms with Gasteiger partial charge in [-0.25, -0.2) is 4.39 Å². The van der Waals surface area contributed by atoms with Crippen LogP contribution < -0.4 is 15.4 Å². The lowest BCUT2D eigenvalue weighted by Gasteiger charge is -2.08. The van der Waals surface area contributed by atoms with E-state index in [1.54, 1.807) is 30.3 Å². The lowest BCUT2D eigenvalue weighted by Crippen LogP contribution is -2.24. The number of aromatic nitrogens is 1. The first kappa shape index (κ1) is 20.1. The number of nitrogens with one attached hydrogen (secondary N) is 2. The van der Waals surface area contributed by atoms with Crippen molar-refractivity contribution < 1.29 is 23.2 Å². The Bertz CT molecular complexity index is 986. The molecule has 0 atom stereocenters. The van der Waals surface area contributed by atoms with Crippen molar-refractivity contribution in [1.29, 1.82) is 0 Å². The Hall–Kier alpha value is -3.68. The van der Waals surface area contributed by atoms with Gasteiger partial charge in [-0.2, -0.15) is 0 Å². The van der Waals surface area contributed by atoms with E-state index in [0.29, 0.717) is 23.7 Å². The number of amides is 2. The van der Waals surface area contributed by atoms with Gasteiger partial charge in [-0.1, -0.05) is 24.2 Å². The molecule has 0 aliphatic carbocycles. The molecule has 7 nitrogen and oxygen atoms in total. The molecule has 0 unspecified atom stereocenters. The van der Waals surface area contributed by atoms with E-state index in [2.05, 4.69) is 15.8 Å². The standard InChI is InChI=1S/C21H20FN3O4/c1-2-11-23-21(27)19-12-16(29-25-19)13-28-15-9-7-14(8-10-15)24-20(26)17-5-3-4-6-18(17)22/h3-10,12H,2,11,13H2,1H3,(H,23,27)(H,24,26). The molecule has 3 aromatic rings. The van der Waals surface area contributed by atoms with Crippen LogP contribution in [0.3, 0.4) is 0 Å². The van der Waals surface area contributed by atoms with Crippen molar-refractivity contribution in [2.24, 2.45) is 0 Å². The number of benzene rings is 2. The minimum absolute atomic E-state index is 0.0306. The number of nitrogens with zero attached hydrogens (tertiary/aromatic N) is 1. The normalized spacial score (nSPS) is 10.4. The summed E-state index contributed by atoms with van der Waals surface area (Å²) >= 11 is 0. The monoisotopic (exact) mass is 397 g/mol. The molecule has 2 N–H and O–H groups in total. The van der Waals surface area contributed by atoms with Gasteiger partial charge in [-0.15, -0.1) is 0 Å². The highest BCUT2D eigenvalue weighted by molar-refractivity contribution is 6.04. The summed E-state index contributed by atoms with van der Waals surface area (Å²) in [5.41, 5.74) is 0.667. The van der Waals surface area contributed by atoms with Gasteiger partial charge in [0, 0.05) is 18.3 Å². The number of carbonyl (C=O) groups is 2. The van der Waals surface area contributed by atoms with Crippen LogP contribution in [0.4, 0.5) is 10.1 Å². The number of ether oxygens (including phenoxy) is 1. The highest BCUT2D eigenvalue weighted by Crippen LogP contribution is 2.18. The molecule has 0 aliphatic rings. The van der Waals surface area contributed by atoms with Crippen LogP contribution in [0.25, 0.3) is 0 Å². The number of anilines is 1. The topological polar surface area (TPSA) is 93.5 Å². The maximum atomic E-state index is 13.7. The Morgan fingerprint density at radius 1 is 1.10 bits per heavy atom. The van der Waals surface area contributed by atoms with Crippen LogP contribution in [0.2, 0.25) is 0 Å². The van der Waals surface area contributed by atoms with Crippen LogP contribution in [0.1, 0.15) is 40.0 Å². The summed E-state index contributed by atoms with van der Waals surface area (Å²) in [5.74, 6) is -0.477. The zero-order valence-corrected chi connectivity index (χ0v) is 15.8. The largest absolute Gasteiger partial charge is 0.486 e. The molecule has 0 radical (unpaired) electrons. The molecule has 0 fully saturated rings. The van der Waals surface area contributed by atoms with Gasteiger partial charge in [-0.3, -0.25) is 9.59 Å². The fourth-order valence-electron chi connectivity index (χ4n) is 2.45. The van der Waals surface area contributed by atoms with Gasteiger partial charge in [0.05, 0.1) is 5.56 Å². The van der Waals surface area contributed by atoms with Gasteiger partial charge in [0.25, 0.3) is 11.8 Å². The molecule has 0 bridgehead atoms. The van der Waals surface area contributed by atoms with E-state index in [9.17, 15) is 14.0 Å². The molecule has 0 saturated heterocycles. The lowest BCUT2D eigenvalue weighted by molar-refractivity contribution is 0.0943. The predicted octanol–water partition coefficient (Wildman–Crippen LogP) is 3.78. The van der Waals surface area contributed by atoms with Crippen LogP contribution in [-0.2, 0) is 6.61 Å². The zero-order chi connectivity index (χ0) is 20.6. The average Bonchev–Trinajstić information content (AvgIpc) is 3.21. The zero-order valence-electron chi connectivity index (χ0n) is 15.8. The minimum atomic E-state index is -0.584. The molecule has 8 heteroatoms. The molecule has 0 aliphatic heterocycles. The summed E-state index contributed by atoms with van der Waals surface area (Å²) in [5, 5.41) is 9.06. The van der Waals surface area contributed by atoms with E-state index in [1.807, 2.05) is 6.92 Å². The number of hydrogen-bond acceptors (Lipinski definition) is 5. The van der Waals surface area contributed by atoms with Crippen LogP contribution in [0.15, 0.2) is 59.1 Å². The van der Waals surface area contributed by atoms with E-state index in [1.165, 1.54) is 24.3 Å². The quantitative estimate of drug-likeness (QED) is 0.603. The third-order valence-corrected chi connectivity index (χ3v) is 3.94. The fraction of sp³-hybridized carbons (Fsp3) is 0.190. The van der Waals surface area contributed by atoms with Gasteiger partial charge >= 0.3 is 0 Å². The van der Waals surface area contributed by atoms with Gasteiger partial charge in [0.1, 0.15) is 18.2 Å². The van der Waals surface area contributed by atoms with Crippen LogP contribution in [0, 0.1) is 5.82 Å². The molecule has 2 amide bonds. The molecule has 1 heterocycles. The Kier molecular flexibility index (Phi) is 6.57. The van der Waals surface area contributed by atoms with Gasteiger partial charge in [-0.05, 0) is 42.8 Å². The minimum Gasteiger partial charge on any atom is -0.486 e. The number of hydrogen-bond donors (Lipinski definition) is 2. The Morgan fingerprint density at radius 2 is 1.86 bits per heavy atom. The third kappa shape index (κ3) is 5.41. The Balaban J connectivity index is 1.53. The second-order valence-electron chi connectivity index (χ2n) is 6.18. The Morgan fingerprint density at radius 3 is 2.59 bits per heavy atom. The summed E-state index contributed by atoms with van der Waals surface area (Å²) < 4.78 is 24.3. The first-order valence-electron chi connectivity index (χ1n) is 9.09. The van der Waals surface area contributed by atoms with Crippen molar-refractivity contribution in [3.8, 4) is 5.75 Å². The van der Waals surface area contributed by atoms with Crippen molar-refractivity contribution in [3.05, 3.63) is 77.4 Å². The molecule has 3 rings (SSSR count). The second-order valence-corrected chi connectivity index (χ2v) is 6.18. The van der Waals surface area contributed by atoms with Gasteiger partial charge < -0.3 is 19.9 Å². The second kappa shape index (κ2) is 9.50. The summed E-state index contributed by atoms with van der Waals surface area (Å²) in [7, 11) is 0. The molecular weight excluding hydrogens is 377 g/mol.